The fraction of sp³-hybridized carbons (Fsp3) is 0.417. The molecule has 0 bridgehead atoms. The van der Waals surface area contributed by atoms with Crippen molar-refractivity contribution in [2.75, 3.05) is 44.6 Å². The number of benzene rings is 2. The lowest BCUT2D eigenvalue weighted by Gasteiger charge is -2.31. The summed E-state index contributed by atoms with van der Waals surface area (Å²) in [6.45, 7) is 9.37. The first kappa shape index (κ1) is 21.8. The third-order valence-corrected chi connectivity index (χ3v) is 5.59. The maximum absolute atomic E-state index is 12.5. The topological polar surface area (TPSA) is 63.1 Å². The van der Waals surface area contributed by atoms with Crippen LogP contribution in [-0.4, -0.2) is 56.0 Å². The molecule has 0 aromatic heterocycles. The van der Waals surface area contributed by atoms with Crippen LogP contribution in [0.2, 0.25) is 0 Å². The molecule has 160 valence electrons. The number of anilines is 1. The van der Waals surface area contributed by atoms with E-state index in [2.05, 4.69) is 12.2 Å². The van der Waals surface area contributed by atoms with Gasteiger partial charge in [0.1, 0.15) is 5.75 Å². The summed E-state index contributed by atoms with van der Waals surface area (Å²) in [7, 11) is 0. The normalized spacial score (nSPS) is 14.4. The molecule has 0 saturated carbocycles. The lowest BCUT2D eigenvalue weighted by Crippen LogP contribution is -3.15. The minimum absolute atomic E-state index is 0.00431. The van der Waals surface area contributed by atoms with Gasteiger partial charge in [0, 0.05) is 5.69 Å². The molecule has 1 aliphatic rings. The summed E-state index contributed by atoms with van der Waals surface area (Å²) in [6.07, 6.45) is 0.883. The second kappa shape index (κ2) is 10.3. The van der Waals surface area contributed by atoms with Crippen molar-refractivity contribution < 1.29 is 19.2 Å². The SMILES string of the molecule is CCc1ccccc1NC(=O)C[NH+]1CCN(C(=O)COc2ccc(C)cc2C)CC1. The quantitative estimate of drug-likeness (QED) is 0.729. The molecular weight excluding hydrogens is 378 g/mol. The van der Waals surface area contributed by atoms with Crippen molar-refractivity contribution in [3.05, 3.63) is 59.2 Å². The summed E-state index contributed by atoms with van der Waals surface area (Å²) >= 11 is 0. The van der Waals surface area contributed by atoms with E-state index in [1.165, 1.54) is 10.5 Å². The molecular formula is C24H32N3O3+. The zero-order valence-electron chi connectivity index (χ0n) is 18.2. The lowest BCUT2D eigenvalue weighted by atomic mass is 10.1. The molecule has 2 aromatic rings. The number of rotatable bonds is 7. The van der Waals surface area contributed by atoms with E-state index in [9.17, 15) is 9.59 Å². The van der Waals surface area contributed by atoms with E-state index in [0.29, 0.717) is 19.6 Å². The van der Waals surface area contributed by atoms with Crippen LogP contribution in [0.3, 0.4) is 0 Å². The van der Waals surface area contributed by atoms with Gasteiger partial charge in [-0.1, -0.05) is 42.8 Å². The predicted molar refractivity (Wildman–Crippen MR) is 118 cm³/mol. The molecule has 6 nitrogen and oxygen atoms in total. The van der Waals surface area contributed by atoms with Crippen molar-refractivity contribution >= 4 is 17.5 Å². The first-order valence-electron chi connectivity index (χ1n) is 10.7. The van der Waals surface area contributed by atoms with Crippen molar-refractivity contribution in [2.24, 2.45) is 0 Å². The molecule has 2 N–H and O–H groups in total. The Hall–Kier alpha value is -2.86. The third kappa shape index (κ3) is 5.83. The molecule has 30 heavy (non-hydrogen) atoms. The average molecular weight is 411 g/mol. The standard InChI is InChI=1S/C24H31N3O3/c1-4-20-7-5-6-8-21(20)25-23(28)16-26-11-13-27(14-12-26)24(29)17-30-22-10-9-18(2)15-19(22)3/h5-10,15H,4,11-14,16-17H2,1-3H3,(H,25,28)/p+1. The fourth-order valence-electron chi connectivity index (χ4n) is 3.81. The number of quaternary nitrogens is 1. The van der Waals surface area contributed by atoms with Gasteiger partial charge in [-0.05, 0) is 43.5 Å². The van der Waals surface area contributed by atoms with Crippen molar-refractivity contribution in [1.82, 2.24) is 4.90 Å². The summed E-state index contributed by atoms with van der Waals surface area (Å²) in [5, 5.41) is 3.03. The highest BCUT2D eigenvalue weighted by atomic mass is 16.5. The number of hydrogen-bond donors (Lipinski definition) is 2. The summed E-state index contributed by atoms with van der Waals surface area (Å²) in [4.78, 5) is 28.0. The molecule has 1 saturated heterocycles. The number of nitrogens with one attached hydrogen (secondary N) is 2. The highest BCUT2D eigenvalue weighted by molar-refractivity contribution is 5.92. The number of aryl methyl sites for hydroxylation is 3. The van der Waals surface area contributed by atoms with Crippen molar-refractivity contribution in [1.29, 1.82) is 0 Å². The third-order valence-electron chi connectivity index (χ3n) is 5.59. The van der Waals surface area contributed by atoms with E-state index in [-0.39, 0.29) is 18.4 Å². The van der Waals surface area contributed by atoms with Gasteiger partial charge in [0.2, 0.25) is 0 Å². The van der Waals surface area contributed by atoms with Crippen LogP contribution < -0.4 is 15.0 Å². The number of ether oxygens (including phenoxy) is 1. The summed E-state index contributed by atoms with van der Waals surface area (Å²) in [5.41, 5.74) is 4.24. The van der Waals surface area contributed by atoms with Gasteiger partial charge >= 0.3 is 0 Å². The fourth-order valence-corrected chi connectivity index (χ4v) is 3.81. The van der Waals surface area contributed by atoms with Gasteiger partial charge in [0.15, 0.2) is 13.2 Å². The van der Waals surface area contributed by atoms with Crippen LogP contribution in [-0.2, 0) is 16.0 Å². The minimum Gasteiger partial charge on any atom is -0.484 e. The lowest BCUT2D eigenvalue weighted by molar-refractivity contribution is -0.895. The molecule has 0 aliphatic carbocycles. The smallest absolute Gasteiger partial charge is 0.279 e. The number of hydrogen-bond acceptors (Lipinski definition) is 3. The Morgan fingerprint density at radius 2 is 1.83 bits per heavy atom. The molecule has 0 radical (unpaired) electrons. The van der Waals surface area contributed by atoms with Crippen LogP contribution in [0.5, 0.6) is 5.75 Å². The zero-order chi connectivity index (χ0) is 21.5. The minimum atomic E-state index is -0.00431. The van der Waals surface area contributed by atoms with Gasteiger partial charge in [-0.25, -0.2) is 0 Å². The first-order valence-corrected chi connectivity index (χ1v) is 10.7. The second-order valence-corrected chi connectivity index (χ2v) is 7.92. The van der Waals surface area contributed by atoms with Gasteiger partial charge in [-0.15, -0.1) is 0 Å². The second-order valence-electron chi connectivity index (χ2n) is 7.92. The molecule has 2 aromatic carbocycles. The Morgan fingerprint density at radius 1 is 1.10 bits per heavy atom. The number of nitrogens with zero attached hydrogens (tertiary/aromatic N) is 1. The number of piperazine rings is 1. The molecule has 0 atom stereocenters. The number of para-hydroxylation sites is 1. The van der Waals surface area contributed by atoms with E-state index >= 15 is 0 Å². The monoisotopic (exact) mass is 410 g/mol. The predicted octanol–water partition coefficient (Wildman–Crippen LogP) is 1.61. The van der Waals surface area contributed by atoms with Crippen LogP contribution in [0, 0.1) is 13.8 Å². The molecule has 1 aliphatic heterocycles. The molecule has 6 heteroatoms. The average Bonchev–Trinajstić information content (AvgIpc) is 2.74. The maximum atomic E-state index is 12.5. The van der Waals surface area contributed by atoms with E-state index in [1.807, 2.05) is 61.2 Å². The zero-order valence-corrected chi connectivity index (χ0v) is 18.2. The maximum Gasteiger partial charge on any atom is 0.279 e. The van der Waals surface area contributed by atoms with Gasteiger partial charge in [-0.3, -0.25) is 9.59 Å². The van der Waals surface area contributed by atoms with Gasteiger partial charge in [0.25, 0.3) is 11.8 Å². The van der Waals surface area contributed by atoms with Crippen LogP contribution in [0.4, 0.5) is 5.69 Å². The van der Waals surface area contributed by atoms with E-state index in [1.54, 1.807) is 0 Å². The number of carbonyl (C=O) groups excluding carboxylic acids is 2. The molecule has 0 unspecified atom stereocenters. The van der Waals surface area contributed by atoms with Crippen LogP contribution in [0.15, 0.2) is 42.5 Å². The van der Waals surface area contributed by atoms with Gasteiger partial charge in [0.05, 0.1) is 26.2 Å². The van der Waals surface area contributed by atoms with Crippen LogP contribution in [0.1, 0.15) is 23.6 Å². The Morgan fingerprint density at radius 3 is 2.53 bits per heavy atom. The summed E-state index contributed by atoms with van der Waals surface area (Å²) in [6, 6.07) is 13.8. The number of carbonyl (C=O) groups is 2. The highest BCUT2D eigenvalue weighted by Crippen LogP contribution is 2.18. The Balaban J connectivity index is 1.42. The van der Waals surface area contributed by atoms with Crippen molar-refractivity contribution in [3.63, 3.8) is 0 Å². The highest BCUT2D eigenvalue weighted by Gasteiger charge is 2.25. The molecule has 2 amide bonds. The van der Waals surface area contributed by atoms with E-state index < -0.39 is 0 Å². The summed E-state index contributed by atoms with van der Waals surface area (Å²) < 4.78 is 5.72. The Kier molecular flexibility index (Phi) is 7.46. The number of amides is 2. The van der Waals surface area contributed by atoms with Gasteiger partial charge in [-0.2, -0.15) is 0 Å². The Bertz CT molecular complexity index is 889. The first-order chi connectivity index (χ1) is 14.5. The molecule has 0 spiro atoms. The largest absolute Gasteiger partial charge is 0.484 e. The summed E-state index contributed by atoms with van der Waals surface area (Å²) in [5.74, 6) is 0.765. The molecule has 1 heterocycles. The van der Waals surface area contributed by atoms with Gasteiger partial charge < -0.3 is 19.9 Å². The molecule has 1 fully saturated rings. The van der Waals surface area contributed by atoms with Crippen LogP contribution in [0.25, 0.3) is 0 Å². The Labute approximate surface area is 178 Å². The van der Waals surface area contributed by atoms with E-state index in [0.717, 1.165) is 42.1 Å². The molecule has 3 rings (SSSR count). The van der Waals surface area contributed by atoms with Crippen molar-refractivity contribution in [2.45, 2.75) is 27.2 Å². The van der Waals surface area contributed by atoms with E-state index in [4.69, 9.17) is 4.74 Å². The van der Waals surface area contributed by atoms with Crippen molar-refractivity contribution in [3.8, 4) is 5.75 Å². The van der Waals surface area contributed by atoms with Crippen LogP contribution >= 0.6 is 0 Å².